The molecule has 2 aliphatic rings. The maximum Gasteiger partial charge on any atom is 0.410 e. The Bertz CT molecular complexity index is 654. The number of carbonyl (C=O) groups excluding carboxylic acids is 3. The van der Waals surface area contributed by atoms with Crippen molar-refractivity contribution in [1.29, 1.82) is 0 Å². The topological polar surface area (TPSA) is 72.9 Å². The summed E-state index contributed by atoms with van der Waals surface area (Å²) in [6, 6.07) is 0. The van der Waals surface area contributed by atoms with Crippen molar-refractivity contribution < 1.29 is 23.9 Å². The monoisotopic (exact) mass is 361 g/mol. The Labute approximate surface area is 154 Å². The van der Waals surface area contributed by atoms with Crippen LogP contribution in [-0.4, -0.2) is 48.5 Å². The summed E-state index contributed by atoms with van der Waals surface area (Å²) in [6.07, 6.45) is 9.39. The molecule has 6 heteroatoms. The normalized spacial score (nSPS) is 25.8. The van der Waals surface area contributed by atoms with Gasteiger partial charge >= 0.3 is 12.1 Å². The second-order valence-electron chi connectivity index (χ2n) is 7.58. The van der Waals surface area contributed by atoms with Gasteiger partial charge in [0.05, 0.1) is 13.5 Å². The van der Waals surface area contributed by atoms with Crippen molar-refractivity contribution in [1.82, 2.24) is 4.90 Å². The maximum atomic E-state index is 12.5. The molecule has 2 rings (SSSR count). The second-order valence-corrected chi connectivity index (χ2v) is 7.58. The van der Waals surface area contributed by atoms with E-state index in [4.69, 9.17) is 9.47 Å². The first-order valence-electron chi connectivity index (χ1n) is 8.83. The summed E-state index contributed by atoms with van der Waals surface area (Å²) in [5.41, 5.74) is 0.00512. The van der Waals surface area contributed by atoms with E-state index in [-0.39, 0.29) is 30.0 Å². The zero-order valence-corrected chi connectivity index (χ0v) is 15.9. The molecule has 1 saturated heterocycles. The standard InChI is InChI=1S/C20H27NO5/c1-20(2,3)26-19(24)21-12-14(11-18(23)25-4)16(13-21)15-9-7-5-6-8-10-17(15)22/h5,7-10,14,16H,6,11-13H2,1-4H3/b7-5-,10-8-,15-9?. The number of esters is 1. The lowest BCUT2D eigenvalue weighted by atomic mass is 9.83. The Balaban J connectivity index is 2.25. The van der Waals surface area contributed by atoms with Gasteiger partial charge in [-0.2, -0.15) is 0 Å². The summed E-state index contributed by atoms with van der Waals surface area (Å²) >= 11 is 0. The molecule has 6 nitrogen and oxygen atoms in total. The highest BCUT2D eigenvalue weighted by Gasteiger charge is 2.41. The molecule has 0 spiro atoms. The second kappa shape index (κ2) is 8.34. The van der Waals surface area contributed by atoms with E-state index in [1.807, 2.05) is 18.2 Å². The molecule has 0 saturated carbocycles. The van der Waals surface area contributed by atoms with E-state index in [1.54, 1.807) is 37.8 Å². The third-order valence-corrected chi connectivity index (χ3v) is 4.39. The molecule has 1 aliphatic carbocycles. The zero-order valence-electron chi connectivity index (χ0n) is 15.9. The highest BCUT2D eigenvalue weighted by Crippen LogP contribution is 2.34. The van der Waals surface area contributed by atoms with E-state index in [9.17, 15) is 14.4 Å². The van der Waals surface area contributed by atoms with E-state index in [0.29, 0.717) is 25.1 Å². The third-order valence-electron chi connectivity index (χ3n) is 4.39. The van der Waals surface area contributed by atoms with Gasteiger partial charge < -0.3 is 14.4 Å². The molecule has 0 aromatic rings. The Morgan fingerprint density at radius 3 is 2.62 bits per heavy atom. The van der Waals surface area contributed by atoms with Crippen LogP contribution < -0.4 is 0 Å². The molecule has 0 aromatic heterocycles. The number of allylic oxidation sites excluding steroid dienone is 5. The first-order chi connectivity index (χ1) is 12.2. The molecule has 26 heavy (non-hydrogen) atoms. The predicted molar refractivity (Wildman–Crippen MR) is 97.4 cm³/mol. The van der Waals surface area contributed by atoms with E-state index >= 15 is 0 Å². The van der Waals surface area contributed by atoms with Gasteiger partial charge in [-0.05, 0) is 39.2 Å². The van der Waals surface area contributed by atoms with Gasteiger partial charge in [-0.25, -0.2) is 4.79 Å². The van der Waals surface area contributed by atoms with Crippen molar-refractivity contribution in [3.63, 3.8) is 0 Å². The highest BCUT2D eigenvalue weighted by atomic mass is 16.6. The molecule has 0 aromatic carbocycles. The van der Waals surface area contributed by atoms with E-state index in [0.717, 1.165) is 0 Å². The fourth-order valence-corrected chi connectivity index (χ4v) is 3.19. The lowest BCUT2D eigenvalue weighted by Crippen LogP contribution is -2.35. The molecular weight excluding hydrogens is 334 g/mol. The minimum Gasteiger partial charge on any atom is -0.469 e. The first-order valence-corrected chi connectivity index (χ1v) is 8.83. The fourth-order valence-electron chi connectivity index (χ4n) is 3.19. The van der Waals surface area contributed by atoms with Crippen molar-refractivity contribution in [2.24, 2.45) is 11.8 Å². The van der Waals surface area contributed by atoms with Crippen LogP contribution in [0.15, 0.2) is 36.0 Å². The molecule has 2 unspecified atom stereocenters. The largest absolute Gasteiger partial charge is 0.469 e. The Hall–Kier alpha value is -2.37. The lowest BCUT2D eigenvalue weighted by molar-refractivity contribution is -0.142. The van der Waals surface area contributed by atoms with Gasteiger partial charge in [0.25, 0.3) is 0 Å². The number of nitrogens with zero attached hydrogens (tertiary/aromatic N) is 1. The average Bonchev–Trinajstić information content (AvgIpc) is 2.93. The molecule has 0 N–H and O–H groups in total. The molecule has 0 bridgehead atoms. The molecule has 1 fully saturated rings. The number of rotatable bonds is 3. The fraction of sp³-hybridized carbons (Fsp3) is 0.550. The van der Waals surface area contributed by atoms with Gasteiger partial charge in [0.2, 0.25) is 0 Å². The van der Waals surface area contributed by atoms with Crippen LogP contribution in [0.2, 0.25) is 0 Å². The minimum atomic E-state index is -0.603. The van der Waals surface area contributed by atoms with Crippen molar-refractivity contribution in [3.05, 3.63) is 36.0 Å². The number of ketones is 1. The quantitative estimate of drug-likeness (QED) is 0.723. The predicted octanol–water partition coefficient (Wildman–Crippen LogP) is 3.04. The Morgan fingerprint density at radius 1 is 1.23 bits per heavy atom. The summed E-state index contributed by atoms with van der Waals surface area (Å²) < 4.78 is 10.2. The third kappa shape index (κ3) is 5.31. The number of hydrogen-bond acceptors (Lipinski definition) is 5. The van der Waals surface area contributed by atoms with Crippen molar-refractivity contribution in [2.45, 2.75) is 39.2 Å². The Morgan fingerprint density at radius 2 is 1.96 bits per heavy atom. The number of likely N-dealkylation sites (tertiary alicyclic amines) is 1. The zero-order chi connectivity index (χ0) is 19.3. The Kier molecular flexibility index (Phi) is 6.40. The van der Waals surface area contributed by atoms with Gasteiger partial charge in [0, 0.05) is 24.6 Å². The summed E-state index contributed by atoms with van der Waals surface area (Å²) in [5, 5.41) is 0. The van der Waals surface area contributed by atoms with Crippen LogP contribution in [0.3, 0.4) is 0 Å². The molecule has 1 amide bonds. The number of methoxy groups -OCH3 is 1. The molecule has 0 radical (unpaired) electrons. The molecule has 1 heterocycles. The number of amides is 1. The minimum absolute atomic E-state index is 0.0831. The van der Waals surface area contributed by atoms with Crippen LogP contribution in [0.25, 0.3) is 0 Å². The molecule has 142 valence electrons. The number of hydrogen-bond donors (Lipinski definition) is 0. The van der Waals surface area contributed by atoms with Crippen molar-refractivity contribution >= 4 is 17.8 Å². The number of carbonyl (C=O) groups is 3. The van der Waals surface area contributed by atoms with Crippen molar-refractivity contribution in [3.8, 4) is 0 Å². The maximum absolute atomic E-state index is 12.5. The van der Waals surface area contributed by atoms with Gasteiger partial charge in [0.1, 0.15) is 5.60 Å². The van der Waals surface area contributed by atoms with Gasteiger partial charge in [-0.3, -0.25) is 9.59 Å². The van der Waals surface area contributed by atoms with Gasteiger partial charge in [0.15, 0.2) is 5.78 Å². The molecular formula is C20H27NO5. The van der Waals surface area contributed by atoms with Gasteiger partial charge in [-0.15, -0.1) is 0 Å². The highest BCUT2D eigenvalue weighted by molar-refractivity contribution is 6.04. The SMILES string of the molecule is COC(=O)CC1CN(C(=O)OC(C)(C)C)CC1C1=C/C=C\C/C=C\C1=O. The smallest absolute Gasteiger partial charge is 0.410 e. The molecule has 1 aliphatic heterocycles. The van der Waals surface area contributed by atoms with Crippen LogP contribution in [-0.2, 0) is 19.1 Å². The van der Waals surface area contributed by atoms with Crippen LogP contribution in [0.5, 0.6) is 0 Å². The molecule has 2 atom stereocenters. The van der Waals surface area contributed by atoms with Crippen LogP contribution >= 0.6 is 0 Å². The van der Waals surface area contributed by atoms with E-state index in [2.05, 4.69) is 0 Å². The van der Waals surface area contributed by atoms with E-state index < -0.39 is 11.7 Å². The van der Waals surface area contributed by atoms with Crippen LogP contribution in [0, 0.1) is 11.8 Å². The summed E-state index contributed by atoms with van der Waals surface area (Å²) in [4.78, 5) is 38.4. The van der Waals surface area contributed by atoms with Gasteiger partial charge in [-0.1, -0.05) is 24.3 Å². The summed E-state index contributed by atoms with van der Waals surface area (Å²) in [7, 11) is 1.34. The van der Waals surface area contributed by atoms with Crippen LogP contribution in [0.1, 0.15) is 33.6 Å². The van der Waals surface area contributed by atoms with E-state index in [1.165, 1.54) is 7.11 Å². The van der Waals surface area contributed by atoms with Crippen molar-refractivity contribution in [2.75, 3.05) is 20.2 Å². The summed E-state index contributed by atoms with van der Waals surface area (Å²) in [5.74, 6) is -0.857. The van der Waals surface area contributed by atoms with Crippen LogP contribution in [0.4, 0.5) is 4.79 Å². The number of ether oxygens (including phenoxy) is 2. The lowest BCUT2D eigenvalue weighted by Gasteiger charge is -2.24. The average molecular weight is 361 g/mol. The summed E-state index contributed by atoms with van der Waals surface area (Å²) in [6.45, 7) is 6.12. The first kappa shape index (κ1) is 19.9.